The second kappa shape index (κ2) is 8.74. The molecule has 5 nitrogen and oxygen atoms in total. The van der Waals surface area contributed by atoms with Crippen LogP contribution in [-0.4, -0.2) is 29.3 Å². The van der Waals surface area contributed by atoms with Crippen molar-refractivity contribution in [3.05, 3.63) is 65.0 Å². The Hall–Kier alpha value is -3.08. The third kappa shape index (κ3) is 4.11. The molecule has 0 fully saturated rings. The van der Waals surface area contributed by atoms with Crippen LogP contribution in [0.15, 0.2) is 42.7 Å². The summed E-state index contributed by atoms with van der Waals surface area (Å²) in [5.74, 6) is 1.09. The quantitative estimate of drug-likeness (QED) is 0.580. The van der Waals surface area contributed by atoms with E-state index in [2.05, 4.69) is 55.2 Å². The molecule has 0 spiro atoms. The number of hydrogen-bond acceptors (Lipinski definition) is 3. The summed E-state index contributed by atoms with van der Waals surface area (Å²) in [6.07, 6.45) is 6.89. The van der Waals surface area contributed by atoms with E-state index in [1.807, 2.05) is 23.4 Å². The van der Waals surface area contributed by atoms with Crippen LogP contribution in [0.4, 0.5) is 5.69 Å². The highest BCUT2D eigenvalue weighted by molar-refractivity contribution is 5.96. The van der Waals surface area contributed by atoms with Crippen LogP contribution in [0.5, 0.6) is 5.75 Å². The number of amides is 1. The van der Waals surface area contributed by atoms with Crippen LogP contribution in [0.1, 0.15) is 41.5 Å². The molecule has 30 heavy (non-hydrogen) atoms. The number of H-pyrrole nitrogens is 1. The Kier molecular flexibility index (Phi) is 5.88. The first-order chi connectivity index (χ1) is 14.5. The van der Waals surface area contributed by atoms with E-state index in [9.17, 15) is 4.79 Å². The fourth-order valence-corrected chi connectivity index (χ4v) is 4.24. The van der Waals surface area contributed by atoms with E-state index in [1.165, 1.54) is 22.3 Å². The van der Waals surface area contributed by atoms with Crippen LogP contribution >= 0.6 is 0 Å². The minimum Gasteiger partial charge on any atom is -0.493 e. The Morgan fingerprint density at radius 3 is 2.90 bits per heavy atom. The standard InChI is InChI=1S/C25H29N3O2/c1-17-13-18(2)19(3)24(14-17)30-12-6-10-25(29)28-11-5-8-22-21(7-4-9-23(22)28)20-15-26-27-16-20/h4,7,9,13-16H,5-6,8,10-12H2,1-3H3,(H,26,27). The number of anilines is 1. The molecule has 1 aliphatic heterocycles. The zero-order chi connectivity index (χ0) is 21.1. The molecule has 1 N–H and O–H groups in total. The van der Waals surface area contributed by atoms with Crippen molar-refractivity contribution >= 4 is 11.6 Å². The number of nitrogens with zero attached hydrogens (tertiary/aromatic N) is 2. The minimum absolute atomic E-state index is 0.168. The van der Waals surface area contributed by atoms with Crippen molar-refractivity contribution in [2.45, 2.75) is 46.5 Å². The molecular formula is C25H29N3O2. The van der Waals surface area contributed by atoms with Crippen molar-refractivity contribution in [1.82, 2.24) is 10.2 Å². The predicted molar refractivity (Wildman–Crippen MR) is 120 cm³/mol. The van der Waals surface area contributed by atoms with E-state index in [0.29, 0.717) is 19.4 Å². The number of aromatic nitrogens is 2. The highest BCUT2D eigenvalue weighted by atomic mass is 16.5. The Bertz CT molecular complexity index is 1040. The average Bonchev–Trinajstić information content (AvgIpc) is 3.28. The Labute approximate surface area is 178 Å². The van der Waals surface area contributed by atoms with Gasteiger partial charge < -0.3 is 9.64 Å². The number of aryl methyl sites for hydroxylation is 2. The second-order valence-electron chi connectivity index (χ2n) is 8.10. The molecule has 1 aromatic heterocycles. The largest absolute Gasteiger partial charge is 0.493 e. The van der Waals surface area contributed by atoms with Gasteiger partial charge in [-0.1, -0.05) is 18.2 Å². The van der Waals surface area contributed by atoms with Crippen molar-refractivity contribution in [3.8, 4) is 16.9 Å². The van der Waals surface area contributed by atoms with Gasteiger partial charge in [-0.2, -0.15) is 5.10 Å². The summed E-state index contributed by atoms with van der Waals surface area (Å²) in [5, 5.41) is 6.96. The lowest BCUT2D eigenvalue weighted by Crippen LogP contribution is -2.35. The van der Waals surface area contributed by atoms with Gasteiger partial charge in [-0.3, -0.25) is 9.89 Å². The van der Waals surface area contributed by atoms with Crippen molar-refractivity contribution in [2.24, 2.45) is 0 Å². The van der Waals surface area contributed by atoms with E-state index >= 15 is 0 Å². The highest BCUT2D eigenvalue weighted by Gasteiger charge is 2.24. The number of benzene rings is 2. The number of fused-ring (bicyclic) bond motifs is 1. The van der Waals surface area contributed by atoms with Gasteiger partial charge in [0.25, 0.3) is 0 Å². The molecule has 0 radical (unpaired) electrons. The zero-order valence-corrected chi connectivity index (χ0v) is 18.0. The topological polar surface area (TPSA) is 58.2 Å². The van der Waals surface area contributed by atoms with Crippen LogP contribution in [0.2, 0.25) is 0 Å². The molecule has 3 aromatic rings. The first kappa shape index (κ1) is 20.2. The molecule has 0 bridgehead atoms. The van der Waals surface area contributed by atoms with Gasteiger partial charge in [0.05, 0.1) is 12.8 Å². The van der Waals surface area contributed by atoms with Gasteiger partial charge in [0.15, 0.2) is 0 Å². The maximum atomic E-state index is 13.0. The minimum atomic E-state index is 0.168. The normalized spacial score (nSPS) is 13.2. The number of carbonyl (C=O) groups is 1. The number of carbonyl (C=O) groups excluding carboxylic acids is 1. The SMILES string of the molecule is Cc1cc(C)c(C)c(OCCCC(=O)N2CCCc3c(-c4cn[nH]c4)cccc32)c1. The van der Waals surface area contributed by atoms with E-state index < -0.39 is 0 Å². The number of aromatic amines is 1. The van der Waals surface area contributed by atoms with Crippen molar-refractivity contribution in [1.29, 1.82) is 0 Å². The molecule has 5 heteroatoms. The van der Waals surface area contributed by atoms with Gasteiger partial charge in [-0.25, -0.2) is 0 Å². The molecular weight excluding hydrogens is 374 g/mol. The van der Waals surface area contributed by atoms with Crippen molar-refractivity contribution < 1.29 is 9.53 Å². The summed E-state index contributed by atoms with van der Waals surface area (Å²) in [7, 11) is 0. The first-order valence-electron chi connectivity index (χ1n) is 10.7. The van der Waals surface area contributed by atoms with E-state index in [-0.39, 0.29) is 5.91 Å². The van der Waals surface area contributed by atoms with Gasteiger partial charge in [-0.05, 0) is 80.0 Å². The van der Waals surface area contributed by atoms with E-state index in [0.717, 1.165) is 42.0 Å². The molecule has 0 aliphatic carbocycles. The predicted octanol–water partition coefficient (Wildman–Crippen LogP) is 5.14. The Balaban J connectivity index is 1.40. The molecule has 1 amide bonds. The summed E-state index contributed by atoms with van der Waals surface area (Å²) in [6.45, 7) is 7.58. The molecule has 4 rings (SSSR count). The van der Waals surface area contributed by atoms with E-state index in [1.54, 1.807) is 0 Å². The van der Waals surface area contributed by atoms with Gasteiger partial charge in [0.1, 0.15) is 5.75 Å². The number of hydrogen-bond donors (Lipinski definition) is 1. The fraction of sp³-hybridized carbons (Fsp3) is 0.360. The highest BCUT2D eigenvalue weighted by Crippen LogP contribution is 2.35. The molecule has 0 saturated carbocycles. The zero-order valence-electron chi connectivity index (χ0n) is 18.0. The lowest BCUT2D eigenvalue weighted by atomic mass is 9.93. The van der Waals surface area contributed by atoms with Crippen LogP contribution in [0.3, 0.4) is 0 Å². The lowest BCUT2D eigenvalue weighted by Gasteiger charge is -2.31. The molecule has 0 saturated heterocycles. The van der Waals surface area contributed by atoms with E-state index in [4.69, 9.17) is 4.74 Å². The number of rotatable bonds is 6. The Morgan fingerprint density at radius 1 is 1.23 bits per heavy atom. The molecule has 0 atom stereocenters. The fourth-order valence-electron chi connectivity index (χ4n) is 4.24. The number of ether oxygens (including phenoxy) is 1. The lowest BCUT2D eigenvalue weighted by molar-refractivity contribution is -0.118. The van der Waals surface area contributed by atoms with Gasteiger partial charge >= 0.3 is 0 Å². The summed E-state index contributed by atoms with van der Waals surface area (Å²) < 4.78 is 5.99. The van der Waals surface area contributed by atoms with Gasteiger partial charge in [0, 0.05) is 30.4 Å². The monoisotopic (exact) mass is 403 g/mol. The summed E-state index contributed by atoms with van der Waals surface area (Å²) >= 11 is 0. The Morgan fingerprint density at radius 2 is 2.10 bits per heavy atom. The van der Waals surface area contributed by atoms with Crippen LogP contribution in [0.25, 0.3) is 11.1 Å². The van der Waals surface area contributed by atoms with Crippen molar-refractivity contribution in [3.63, 3.8) is 0 Å². The molecule has 2 heterocycles. The maximum absolute atomic E-state index is 13.0. The summed E-state index contributed by atoms with van der Waals surface area (Å²) in [6, 6.07) is 10.4. The smallest absolute Gasteiger partial charge is 0.227 e. The summed E-state index contributed by atoms with van der Waals surface area (Å²) in [4.78, 5) is 14.9. The number of nitrogens with one attached hydrogen (secondary N) is 1. The van der Waals surface area contributed by atoms with Gasteiger partial charge in [0.2, 0.25) is 5.91 Å². The molecule has 2 aromatic carbocycles. The maximum Gasteiger partial charge on any atom is 0.227 e. The second-order valence-corrected chi connectivity index (χ2v) is 8.10. The third-order valence-electron chi connectivity index (χ3n) is 5.92. The molecule has 0 unspecified atom stereocenters. The van der Waals surface area contributed by atoms with Crippen LogP contribution in [-0.2, 0) is 11.2 Å². The third-order valence-corrected chi connectivity index (χ3v) is 5.92. The summed E-state index contributed by atoms with van der Waals surface area (Å²) in [5.41, 5.74) is 8.10. The first-order valence-corrected chi connectivity index (χ1v) is 10.7. The van der Waals surface area contributed by atoms with Crippen LogP contribution in [0, 0.1) is 20.8 Å². The van der Waals surface area contributed by atoms with Crippen LogP contribution < -0.4 is 9.64 Å². The van der Waals surface area contributed by atoms with Gasteiger partial charge in [-0.15, -0.1) is 0 Å². The molecule has 1 aliphatic rings. The van der Waals surface area contributed by atoms with Crippen molar-refractivity contribution in [2.75, 3.05) is 18.1 Å². The average molecular weight is 404 g/mol. The molecule has 156 valence electrons.